The monoisotopic (exact) mass is 191 g/mol. The van der Waals surface area contributed by atoms with Crippen LogP contribution >= 0.6 is 0 Å². The fourth-order valence-corrected chi connectivity index (χ4v) is 2.12. The molecule has 14 heavy (non-hydrogen) atoms. The highest BCUT2D eigenvalue weighted by molar-refractivity contribution is 5.88. The maximum Gasteiger partial charge on any atom is 0.337 e. The zero-order valence-corrected chi connectivity index (χ0v) is 7.94. The van der Waals surface area contributed by atoms with Crippen LogP contribution in [0.4, 0.5) is 0 Å². The molecular formula is C11H13NO2. The summed E-state index contributed by atoms with van der Waals surface area (Å²) in [6, 6.07) is 3.32. The predicted molar refractivity (Wildman–Crippen MR) is 52.4 cm³/mol. The lowest BCUT2D eigenvalue weighted by Gasteiger charge is -2.10. The van der Waals surface area contributed by atoms with Gasteiger partial charge in [-0.15, -0.1) is 0 Å². The van der Waals surface area contributed by atoms with Crippen LogP contribution in [0.25, 0.3) is 0 Å². The van der Waals surface area contributed by atoms with Crippen molar-refractivity contribution in [3.63, 3.8) is 0 Å². The van der Waals surface area contributed by atoms with Crippen LogP contribution in [0.1, 0.15) is 47.7 Å². The Morgan fingerprint density at radius 1 is 1.43 bits per heavy atom. The molecule has 0 saturated heterocycles. The Balaban J connectivity index is 2.35. The number of hydrogen-bond acceptors (Lipinski definition) is 2. The second-order valence-electron chi connectivity index (χ2n) is 3.72. The van der Waals surface area contributed by atoms with Gasteiger partial charge in [0.25, 0.3) is 0 Å². The molecule has 0 amide bonds. The molecule has 0 aliphatic heterocycles. The third-order valence-electron chi connectivity index (χ3n) is 2.81. The highest BCUT2D eigenvalue weighted by Gasteiger charge is 2.23. The number of aromatic nitrogens is 1. The minimum Gasteiger partial charge on any atom is -0.478 e. The topological polar surface area (TPSA) is 50.2 Å². The Morgan fingerprint density at radius 3 is 2.79 bits per heavy atom. The van der Waals surface area contributed by atoms with Gasteiger partial charge in [-0.3, -0.25) is 4.98 Å². The number of carbonyl (C=O) groups is 1. The predicted octanol–water partition coefficient (Wildman–Crippen LogP) is 2.44. The van der Waals surface area contributed by atoms with Crippen molar-refractivity contribution in [2.45, 2.75) is 31.6 Å². The summed E-state index contributed by atoms with van der Waals surface area (Å²) in [5.74, 6) is -0.498. The van der Waals surface area contributed by atoms with Crippen LogP contribution in [-0.2, 0) is 0 Å². The van der Waals surface area contributed by atoms with Crippen LogP contribution in [0.3, 0.4) is 0 Å². The highest BCUT2D eigenvalue weighted by atomic mass is 16.4. The quantitative estimate of drug-likeness (QED) is 0.781. The normalized spacial score (nSPS) is 17.1. The molecule has 2 rings (SSSR count). The van der Waals surface area contributed by atoms with Crippen LogP contribution in [-0.4, -0.2) is 16.1 Å². The largest absolute Gasteiger partial charge is 0.478 e. The Labute approximate surface area is 82.8 Å². The molecule has 1 N–H and O–H groups in total. The number of rotatable bonds is 2. The van der Waals surface area contributed by atoms with E-state index in [0.29, 0.717) is 11.5 Å². The Hall–Kier alpha value is -1.38. The molecule has 1 aliphatic carbocycles. The van der Waals surface area contributed by atoms with Gasteiger partial charge in [-0.05, 0) is 25.0 Å². The molecule has 74 valence electrons. The van der Waals surface area contributed by atoms with Crippen molar-refractivity contribution in [3.8, 4) is 0 Å². The fourth-order valence-electron chi connectivity index (χ4n) is 2.12. The third kappa shape index (κ3) is 1.62. The zero-order valence-electron chi connectivity index (χ0n) is 7.94. The van der Waals surface area contributed by atoms with E-state index in [0.717, 1.165) is 18.5 Å². The molecule has 1 saturated carbocycles. The van der Waals surface area contributed by atoms with E-state index in [1.807, 2.05) is 0 Å². The van der Waals surface area contributed by atoms with Crippen molar-refractivity contribution in [1.29, 1.82) is 0 Å². The SMILES string of the molecule is O=C(O)c1cccnc1C1CCCC1. The molecule has 1 aliphatic rings. The molecule has 0 spiro atoms. The highest BCUT2D eigenvalue weighted by Crippen LogP contribution is 2.34. The van der Waals surface area contributed by atoms with Gasteiger partial charge in [0.05, 0.1) is 11.3 Å². The lowest BCUT2D eigenvalue weighted by molar-refractivity contribution is 0.0694. The van der Waals surface area contributed by atoms with Gasteiger partial charge in [-0.25, -0.2) is 4.79 Å². The lowest BCUT2D eigenvalue weighted by atomic mass is 9.99. The first-order valence-electron chi connectivity index (χ1n) is 4.97. The van der Waals surface area contributed by atoms with Crippen LogP contribution in [0.15, 0.2) is 18.3 Å². The van der Waals surface area contributed by atoms with Crippen LogP contribution in [0.2, 0.25) is 0 Å². The lowest BCUT2D eigenvalue weighted by Crippen LogP contribution is -2.07. The van der Waals surface area contributed by atoms with Gasteiger partial charge in [0, 0.05) is 12.1 Å². The summed E-state index contributed by atoms with van der Waals surface area (Å²) in [6.07, 6.45) is 6.23. The summed E-state index contributed by atoms with van der Waals surface area (Å²) in [7, 11) is 0. The number of carboxylic acid groups (broad SMARTS) is 1. The van der Waals surface area contributed by atoms with Gasteiger partial charge in [0.15, 0.2) is 0 Å². The molecule has 0 atom stereocenters. The first-order valence-corrected chi connectivity index (χ1v) is 4.97. The number of hydrogen-bond donors (Lipinski definition) is 1. The van der Waals surface area contributed by atoms with E-state index in [1.54, 1.807) is 18.3 Å². The van der Waals surface area contributed by atoms with E-state index < -0.39 is 5.97 Å². The first kappa shape index (κ1) is 9.19. The summed E-state index contributed by atoms with van der Waals surface area (Å²) in [4.78, 5) is 15.1. The number of nitrogens with zero attached hydrogens (tertiary/aromatic N) is 1. The fraction of sp³-hybridized carbons (Fsp3) is 0.455. The summed E-state index contributed by atoms with van der Waals surface area (Å²) in [5.41, 5.74) is 1.15. The van der Waals surface area contributed by atoms with E-state index in [4.69, 9.17) is 5.11 Å². The minimum absolute atomic E-state index is 0.363. The van der Waals surface area contributed by atoms with Crippen molar-refractivity contribution in [2.75, 3.05) is 0 Å². The van der Waals surface area contributed by atoms with E-state index in [-0.39, 0.29) is 0 Å². The number of pyridine rings is 1. The minimum atomic E-state index is -0.861. The van der Waals surface area contributed by atoms with Crippen molar-refractivity contribution in [2.24, 2.45) is 0 Å². The Morgan fingerprint density at radius 2 is 2.14 bits per heavy atom. The van der Waals surface area contributed by atoms with Crippen LogP contribution in [0, 0.1) is 0 Å². The molecule has 3 nitrogen and oxygen atoms in total. The summed E-state index contributed by atoms with van der Waals surface area (Å²) >= 11 is 0. The van der Waals surface area contributed by atoms with E-state index in [9.17, 15) is 4.79 Å². The standard InChI is InChI=1S/C11H13NO2/c13-11(14)9-6-3-7-12-10(9)8-4-1-2-5-8/h3,6-8H,1-2,4-5H2,(H,13,14). The molecule has 0 radical (unpaired) electrons. The van der Waals surface area contributed by atoms with Crippen molar-refractivity contribution >= 4 is 5.97 Å². The van der Waals surface area contributed by atoms with Crippen LogP contribution in [0.5, 0.6) is 0 Å². The van der Waals surface area contributed by atoms with Crippen molar-refractivity contribution < 1.29 is 9.90 Å². The molecule has 0 bridgehead atoms. The number of aromatic carboxylic acids is 1. The molecule has 0 aromatic carbocycles. The Kier molecular flexibility index (Phi) is 2.48. The number of carboxylic acids is 1. The van der Waals surface area contributed by atoms with Gasteiger partial charge in [0.2, 0.25) is 0 Å². The first-order chi connectivity index (χ1) is 6.79. The summed E-state index contributed by atoms with van der Waals surface area (Å²) in [6.45, 7) is 0. The average molecular weight is 191 g/mol. The molecule has 3 heteroatoms. The van der Waals surface area contributed by atoms with Gasteiger partial charge >= 0.3 is 5.97 Å². The zero-order chi connectivity index (χ0) is 9.97. The Bertz CT molecular complexity index is 343. The van der Waals surface area contributed by atoms with Gasteiger partial charge in [-0.2, -0.15) is 0 Å². The molecular weight excluding hydrogens is 178 g/mol. The second kappa shape index (κ2) is 3.78. The molecule has 1 aromatic rings. The average Bonchev–Trinajstić information content (AvgIpc) is 2.70. The molecule has 1 heterocycles. The van der Waals surface area contributed by atoms with Gasteiger partial charge in [-0.1, -0.05) is 12.8 Å². The summed E-state index contributed by atoms with van der Waals surface area (Å²) < 4.78 is 0. The maximum absolute atomic E-state index is 10.9. The third-order valence-corrected chi connectivity index (χ3v) is 2.81. The molecule has 1 fully saturated rings. The maximum atomic E-state index is 10.9. The van der Waals surface area contributed by atoms with Crippen molar-refractivity contribution in [3.05, 3.63) is 29.6 Å². The molecule has 1 aromatic heterocycles. The van der Waals surface area contributed by atoms with Crippen LogP contribution < -0.4 is 0 Å². The second-order valence-corrected chi connectivity index (χ2v) is 3.72. The van der Waals surface area contributed by atoms with Crippen molar-refractivity contribution in [1.82, 2.24) is 4.98 Å². The summed E-state index contributed by atoms with van der Waals surface area (Å²) in [5, 5.41) is 8.99. The van der Waals surface area contributed by atoms with E-state index >= 15 is 0 Å². The smallest absolute Gasteiger partial charge is 0.337 e. The van der Waals surface area contributed by atoms with E-state index in [2.05, 4.69) is 4.98 Å². The van der Waals surface area contributed by atoms with Gasteiger partial charge in [0.1, 0.15) is 0 Å². The molecule has 0 unspecified atom stereocenters. The van der Waals surface area contributed by atoms with Gasteiger partial charge < -0.3 is 5.11 Å². The van der Waals surface area contributed by atoms with E-state index in [1.165, 1.54) is 12.8 Å².